The Balaban J connectivity index is 2.09. The molecule has 0 amide bonds. The summed E-state index contributed by atoms with van der Waals surface area (Å²) in [5.74, 6) is 0.433. The van der Waals surface area contributed by atoms with Crippen LogP contribution in [0.3, 0.4) is 0 Å². The topological polar surface area (TPSA) is 94.7 Å². The predicted molar refractivity (Wildman–Crippen MR) is 97.2 cm³/mol. The number of anilines is 1. The third kappa shape index (κ3) is 3.31. The molecule has 0 aliphatic heterocycles. The van der Waals surface area contributed by atoms with Crippen molar-refractivity contribution in [3.8, 4) is 5.82 Å². The number of rotatable bonds is 5. The van der Waals surface area contributed by atoms with E-state index < -0.39 is 10.0 Å². The normalized spacial score (nSPS) is 11.7. The molecule has 0 aliphatic rings. The SMILES string of the molecule is CCn1nc(-n2cnnc2)c(NS(=O)(=O)c2ccc(Br)cc2C)c1C. The first-order chi connectivity index (χ1) is 11.8. The lowest BCUT2D eigenvalue weighted by molar-refractivity contribution is 0.600. The van der Waals surface area contributed by atoms with E-state index in [1.54, 1.807) is 34.4 Å². The lowest BCUT2D eigenvalue weighted by Gasteiger charge is -2.11. The van der Waals surface area contributed by atoms with E-state index >= 15 is 0 Å². The van der Waals surface area contributed by atoms with Crippen LogP contribution in [0.4, 0.5) is 5.69 Å². The molecule has 0 saturated carbocycles. The standard InChI is InChI=1S/C15H17BrN6O2S/c1-4-22-11(3)14(15(19-22)21-8-17-18-9-21)20-25(23,24)13-6-5-12(16)7-10(13)2/h5-9,20H,4H2,1-3H3. The van der Waals surface area contributed by atoms with Gasteiger partial charge < -0.3 is 0 Å². The fourth-order valence-electron chi connectivity index (χ4n) is 2.55. The van der Waals surface area contributed by atoms with Crippen molar-refractivity contribution >= 4 is 31.6 Å². The first-order valence-corrected chi connectivity index (χ1v) is 9.82. The Morgan fingerprint density at radius 2 is 1.88 bits per heavy atom. The molecule has 2 heterocycles. The number of benzene rings is 1. The number of nitrogens with one attached hydrogen (secondary N) is 1. The number of sulfonamides is 1. The molecule has 0 spiro atoms. The summed E-state index contributed by atoms with van der Waals surface area (Å²) in [7, 11) is -3.77. The van der Waals surface area contributed by atoms with Gasteiger partial charge in [-0.05, 0) is 44.5 Å². The fourth-order valence-corrected chi connectivity index (χ4v) is 4.38. The van der Waals surface area contributed by atoms with Crippen LogP contribution in [0.1, 0.15) is 18.2 Å². The third-order valence-corrected chi connectivity index (χ3v) is 5.82. The van der Waals surface area contributed by atoms with Gasteiger partial charge in [0, 0.05) is 11.0 Å². The van der Waals surface area contributed by atoms with Crippen molar-refractivity contribution in [2.45, 2.75) is 32.2 Å². The Morgan fingerprint density at radius 3 is 2.48 bits per heavy atom. The van der Waals surface area contributed by atoms with Crippen LogP contribution in [0.2, 0.25) is 0 Å². The highest BCUT2D eigenvalue weighted by atomic mass is 79.9. The van der Waals surface area contributed by atoms with Crippen LogP contribution in [0.15, 0.2) is 40.2 Å². The van der Waals surface area contributed by atoms with Gasteiger partial charge in [0.2, 0.25) is 0 Å². The van der Waals surface area contributed by atoms with E-state index in [9.17, 15) is 8.42 Å². The largest absolute Gasteiger partial charge is 0.274 e. The van der Waals surface area contributed by atoms with Crippen molar-refractivity contribution in [1.82, 2.24) is 24.5 Å². The van der Waals surface area contributed by atoms with Crippen LogP contribution in [-0.2, 0) is 16.6 Å². The summed E-state index contributed by atoms with van der Waals surface area (Å²) in [6.45, 7) is 6.12. The molecule has 2 aromatic heterocycles. The van der Waals surface area contributed by atoms with Crippen molar-refractivity contribution < 1.29 is 8.42 Å². The molecule has 3 rings (SSSR count). The van der Waals surface area contributed by atoms with Crippen LogP contribution >= 0.6 is 15.9 Å². The van der Waals surface area contributed by atoms with Gasteiger partial charge in [-0.3, -0.25) is 14.0 Å². The Kier molecular flexibility index (Phi) is 4.65. The second kappa shape index (κ2) is 6.60. The molecule has 132 valence electrons. The van der Waals surface area contributed by atoms with Gasteiger partial charge in [-0.15, -0.1) is 10.2 Å². The third-order valence-electron chi connectivity index (χ3n) is 3.81. The van der Waals surface area contributed by atoms with E-state index in [2.05, 4.69) is 35.9 Å². The average molecular weight is 425 g/mol. The lowest BCUT2D eigenvalue weighted by Crippen LogP contribution is -2.16. The van der Waals surface area contributed by atoms with Gasteiger partial charge in [0.25, 0.3) is 10.0 Å². The van der Waals surface area contributed by atoms with E-state index in [1.807, 2.05) is 13.8 Å². The molecule has 10 heteroatoms. The molecule has 0 atom stereocenters. The maximum Gasteiger partial charge on any atom is 0.262 e. The monoisotopic (exact) mass is 424 g/mol. The zero-order valence-electron chi connectivity index (χ0n) is 13.9. The number of halogens is 1. The second-order valence-electron chi connectivity index (χ2n) is 5.48. The first-order valence-electron chi connectivity index (χ1n) is 7.55. The molecule has 0 bridgehead atoms. The molecule has 3 aromatic rings. The molecule has 0 radical (unpaired) electrons. The molecular formula is C15H17BrN6O2S. The quantitative estimate of drug-likeness (QED) is 0.678. The predicted octanol–water partition coefficient (Wildman–Crippen LogP) is 2.66. The Hall–Kier alpha value is -2.20. The number of aryl methyl sites for hydroxylation is 2. The molecule has 0 unspecified atom stereocenters. The van der Waals surface area contributed by atoms with Gasteiger partial charge in [-0.2, -0.15) is 5.10 Å². The van der Waals surface area contributed by atoms with E-state index in [4.69, 9.17) is 0 Å². The van der Waals surface area contributed by atoms with Crippen molar-refractivity contribution in [3.63, 3.8) is 0 Å². The average Bonchev–Trinajstić information content (AvgIpc) is 3.16. The first kappa shape index (κ1) is 17.6. The van der Waals surface area contributed by atoms with Crippen LogP contribution in [0.5, 0.6) is 0 Å². The van der Waals surface area contributed by atoms with Crippen LogP contribution in [-0.4, -0.2) is 33.0 Å². The van der Waals surface area contributed by atoms with Gasteiger partial charge in [-0.1, -0.05) is 15.9 Å². The number of hydrogen-bond donors (Lipinski definition) is 1. The maximum absolute atomic E-state index is 12.9. The number of nitrogens with zero attached hydrogens (tertiary/aromatic N) is 5. The summed E-state index contributed by atoms with van der Waals surface area (Å²) in [6, 6.07) is 5.03. The molecular weight excluding hydrogens is 408 g/mol. The Morgan fingerprint density at radius 1 is 1.20 bits per heavy atom. The van der Waals surface area contributed by atoms with Crippen LogP contribution in [0, 0.1) is 13.8 Å². The van der Waals surface area contributed by atoms with Gasteiger partial charge in [0.1, 0.15) is 18.3 Å². The summed E-state index contributed by atoms with van der Waals surface area (Å²) in [5.41, 5.74) is 1.77. The van der Waals surface area contributed by atoms with E-state index in [0.29, 0.717) is 29.3 Å². The van der Waals surface area contributed by atoms with E-state index in [-0.39, 0.29) is 4.90 Å². The number of aromatic nitrogens is 5. The molecule has 0 aliphatic carbocycles. The van der Waals surface area contributed by atoms with Crippen molar-refractivity contribution in [1.29, 1.82) is 0 Å². The van der Waals surface area contributed by atoms with Crippen molar-refractivity contribution in [2.75, 3.05) is 4.72 Å². The van der Waals surface area contributed by atoms with Gasteiger partial charge in [0.15, 0.2) is 5.82 Å². The summed E-state index contributed by atoms with van der Waals surface area (Å²) in [4.78, 5) is 0.217. The highest BCUT2D eigenvalue weighted by molar-refractivity contribution is 9.10. The van der Waals surface area contributed by atoms with E-state index in [1.165, 1.54) is 12.7 Å². The summed E-state index contributed by atoms with van der Waals surface area (Å²) < 4.78 is 32.6. The Labute approximate surface area is 154 Å². The molecule has 25 heavy (non-hydrogen) atoms. The minimum Gasteiger partial charge on any atom is -0.274 e. The molecule has 1 aromatic carbocycles. The van der Waals surface area contributed by atoms with Gasteiger partial charge >= 0.3 is 0 Å². The number of hydrogen-bond acceptors (Lipinski definition) is 5. The highest BCUT2D eigenvalue weighted by Crippen LogP contribution is 2.28. The van der Waals surface area contributed by atoms with E-state index in [0.717, 1.165) is 4.47 Å². The lowest BCUT2D eigenvalue weighted by atomic mass is 10.2. The molecule has 1 N–H and O–H groups in total. The molecule has 0 saturated heterocycles. The van der Waals surface area contributed by atoms with Crippen LogP contribution < -0.4 is 4.72 Å². The maximum atomic E-state index is 12.9. The fraction of sp³-hybridized carbons (Fsp3) is 0.267. The van der Waals surface area contributed by atoms with Crippen LogP contribution in [0.25, 0.3) is 5.82 Å². The summed E-state index contributed by atoms with van der Waals surface area (Å²) >= 11 is 3.35. The van der Waals surface area contributed by atoms with Crippen molar-refractivity contribution in [3.05, 3.63) is 46.6 Å². The minimum absolute atomic E-state index is 0.217. The zero-order valence-corrected chi connectivity index (χ0v) is 16.3. The van der Waals surface area contributed by atoms with Gasteiger partial charge in [0.05, 0.1) is 10.6 Å². The molecule has 0 fully saturated rings. The molecule has 8 nitrogen and oxygen atoms in total. The smallest absolute Gasteiger partial charge is 0.262 e. The summed E-state index contributed by atoms with van der Waals surface area (Å²) in [6.07, 6.45) is 2.95. The van der Waals surface area contributed by atoms with Gasteiger partial charge in [-0.25, -0.2) is 8.42 Å². The zero-order chi connectivity index (χ0) is 18.2. The second-order valence-corrected chi connectivity index (χ2v) is 8.05. The summed E-state index contributed by atoms with van der Waals surface area (Å²) in [5, 5.41) is 12.0. The minimum atomic E-state index is -3.77. The Bertz CT molecular complexity index is 1010. The highest BCUT2D eigenvalue weighted by Gasteiger charge is 2.23. The van der Waals surface area contributed by atoms with Crippen molar-refractivity contribution in [2.24, 2.45) is 0 Å².